The molecule has 1 amide bonds. The first-order valence-corrected chi connectivity index (χ1v) is 8.18. The van der Waals surface area contributed by atoms with Crippen LogP contribution in [0.3, 0.4) is 0 Å². The maximum atomic E-state index is 12.7. The third-order valence-electron chi connectivity index (χ3n) is 2.98. The molecule has 0 fully saturated rings. The summed E-state index contributed by atoms with van der Waals surface area (Å²) in [4.78, 5) is 19.5. The van der Waals surface area contributed by atoms with Crippen LogP contribution >= 0.6 is 11.8 Å². The Bertz CT molecular complexity index is 867. The van der Waals surface area contributed by atoms with E-state index in [1.54, 1.807) is 6.26 Å². The molecule has 0 saturated heterocycles. The van der Waals surface area contributed by atoms with Crippen molar-refractivity contribution in [2.45, 2.75) is 11.2 Å². The van der Waals surface area contributed by atoms with Gasteiger partial charge in [0.1, 0.15) is 16.7 Å². The van der Waals surface area contributed by atoms with Crippen molar-refractivity contribution in [1.29, 1.82) is 5.26 Å². The second-order valence-corrected chi connectivity index (χ2v) is 5.59. The molecule has 1 aromatic heterocycles. The highest BCUT2D eigenvalue weighted by atomic mass is 32.2. The van der Waals surface area contributed by atoms with Crippen LogP contribution in [0, 0.1) is 11.3 Å². The van der Waals surface area contributed by atoms with E-state index >= 15 is 0 Å². The zero-order chi connectivity index (χ0) is 19.3. The van der Waals surface area contributed by atoms with Crippen LogP contribution in [0.25, 0.3) is 0 Å². The lowest BCUT2D eigenvalue weighted by molar-refractivity contribution is -0.137. The Kier molecular flexibility index (Phi) is 5.89. The predicted molar refractivity (Wildman–Crippen MR) is 88.5 cm³/mol. The summed E-state index contributed by atoms with van der Waals surface area (Å²) < 4.78 is 43.2. The average Bonchev–Trinajstić information content (AvgIpc) is 2.58. The second kappa shape index (κ2) is 7.92. The zero-order valence-electron chi connectivity index (χ0n) is 13.3. The van der Waals surface area contributed by atoms with Crippen LogP contribution in [0.5, 0.6) is 5.88 Å². The molecule has 11 heteroatoms. The molecule has 3 N–H and O–H groups in total. The van der Waals surface area contributed by atoms with Crippen molar-refractivity contribution in [3.8, 4) is 11.9 Å². The summed E-state index contributed by atoms with van der Waals surface area (Å²) in [7, 11) is 0. The molecule has 0 bridgehead atoms. The molecule has 0 spiro atoms. The van der Waals surface area contributed by atoms with E-state index in [2.05, 4.69) is 15.3 Å². The topological polar surface area (TPSA) is 114 Å². The minimum absolute atomic E-state index is 0.0126. The van der Waals surface area contributed by atoms with Crippen LogP contribution in [-0.4, -0.2) is 28.7 Å². The normalized spacial score (nSPS) is 10.9. The minimum atomic E-state index is -4.52. The summed E-state index contributed by atoms with van der Waals surface area (Å²) in [6.45, 7) is -0.574. The Morgan fingerprint density at radius 3 is 2.77 bits per heavy atom. The lowest BCUT2D eigenvalue weighted by Crippen LogP contribution is -2.21. The third-order valence-corrected chi connectivity index (χ3v) is 3.66. The van der Waals surface area contributed by atoms with Crippen LogP contribution in [0.15, 0.2) is 29.3 Å². The van der Waals surface area contributed by atoms with Crippen molar-refractivity contribution in [2.75, 3.05) is 23.9 Å². The van der Waals surface area contributed by atoms with Crippen molar-refractivity contribution >= 4 is 29.3 Å². The molecule has 1 heterocycles. The smallest absolute Gasteiger partial charge is 0.416 e. The van der Waals surface area contributed by atoms with Gasteiger partial charge in [0.2, 0.25) is 11.8 Å². The van der Waals surface area contributed by atoms with E-state index in [1.807, 2.05) is 6.07 Å². The maximum absolute atomic E-state index is 12.7. The number of rotatable bonds is 5. The molecule has 2 aromatic rings. The number of aromatic nitrogens is 2. The van der Waals surface area contributed by atoms with Crippen LogP contribution in [0.1, 0.15) is 11.1 Å². The number of carbonyl (C=O) groups is 1. The van der Waals surface area contributed by atoms with Gasteiger partial charge < -0.3 is 15.8 Å². The van der Waals surface area contributed by atoms with Gasteiger partial charge in [0.05, 0.1) is 5.56 Å². The summed E-state index contributed by atoms with van der Waals surface area (Å²) in [5.41, 5.74) is 4.59. The first-order valence-electron chi connectivity index (χ1n) is 6.96. The van der Waals surface area contributed by atoms with Gasteiger partial charge in [-0.3, -0.25) is 4.79 Å². The van der Waals surface area contributed by atoms with Crippen molar-refractivity contribution in [3.63, 3.8) is 0 Å². The molecule has 0 unspecified atom stereocenters. The quantitative estimate of drug-likeness (QED) is 0.603. The van der Waals surface area contributed by atoms with Gasteiger partial charge in [-0.25, -0.2) is 4.98 Å². The number of ether oxygens (including phenoxy) is 1. The average molecular weight is 383 g/mol. The Morgan fingerprint density at radius 1 is 1.42 bits per heavy atom. The summed E-state index contributed by atoms with van der Waals surface area (Å²) in [5, 5.41) is 11.7. The van der Waals surface area contributed by atoms with Crippen LogP contribution < -0.4 is 15.8 Å². The number of alkyl halides is 3. The van der Waals surface area contributed by atoms with E-state index in [0.717, 1.165) is 23.9 Å². The number of nitriles is 1. The fourth-order valence-electron chi connectivity index (χ4n) is 1.89. The van der Waals surface area contributed by atoms with E-state index in [0.29, 0.717) is 0 Å². The largest absolute Gasteiger partial charge is 0.466 e. The highest BCUT2D eigenvalue weighted by Crippen LogP contribution is 2.30. The summed E-state index contributed by atoms with van der Waals surface area (Å²) >= 11 is 1.15. The second-order valence-electron chi connectivity index (χ2n) is 4.80. The fourth-order valence-corrected chi connectivity index (χ4v) is 2.41. The van der Waals surface area contributed by atoms with Gasteiger partial charge in [0.25, 0.3) is 5.91 Å². The predicted octanol–water partition coefficient (Wildman–Crippen LogP) is 2.69. The van der Waals surface area contributed by atoms with Gasteiger partial charge in [0, 0.05) is 5.69 Å². The number of amides is 1. The minimum Gasteiger partial charge on any atom is -0.466 e. The van der Waals surface area contributed by atoms with Crippen LogP contribution in [0.2, 0.25) is 0 Å². The van der Waals surface area contributed by atoms with Crippen LogP contribution in [0.4, 0.5) is 24.8 Å². The number of benzene rings is 1. The molecule has 1 aromatic carbocycles. The van der Waals surface area contributed by atoms with Crippen molar-refractivity contribution < 1.29 is 22.7 Å². The molecule has 0 aliphatic carbocycles. The number of hydrogen-bond acceptors (Lipinski definition) is 7. The van der Waals surface area contributed by atoms with Gasteiger partial charge in [-0.05, 0) is 24.5 Å². The van der Waals surface area contributed by atoms with E-state index < -0.39 is 24.3 Å². The first kappa shape index (κ1) is 19.3. The molecule has 0 atom stereocenters. The lowest BCUT2D eigenvalue weighted by Gasteiger charge is -2.11. The Labute approximate surface area is 150 Å². The molecule has 2 rings (SSSR count). The summed E-state index contributed by atoms with van der Waals surface area (Å²) in [6, 6.07) is 6.02. The molecule has 0 aliphatic rings. The molecule has 136 valence electrons. The van der Waals surface area contributed by atoms with Gasteiger partial charge in [-0.15, -0.1) is 11.8 Å². The molecule has 0 saturated carbocycles. The standard InChI is InChI=1S/C15H12F3N5O2S/c1-26-13-10(6-19)12(22-14(20)23-13)25-7-11(24)21-9-4-2-3-8(5-9)15(16,17)18/h2-5H,7H2,1H3,(H,21,24)(H2,20,22,23). The lowest BCUT2D eigenvalue weighted by atomic mass is 10.2. The van der Waals surface area contributed by atoms with Gasteiger partial charge in [0.15, 0.2) is 6.61 Å². The van der Waals surface area contributed by atoms with Crippen molar-refractivity contribution in [2.24, 2.45) is 0 Å². The highest BCUT2D eigenvalue weighted by molar-refractivity contribution is 7.98. The van der Waals surface area contributed by atoms with E-state index in [-0.39, 0.29) is 28.1 Å². The number of nitrogens with two attached hydrogens (primary N) is 1. The van der Waals surface area contributed by atoms with Crippen LogP contribution in [-0.2, 0) is 11.0 Å². The molecular weight excluding hydrogens is 371 g/mol. The molecule has 7 nitrogen and oxygen atoms in total. The van der Waals surface area contributed by atoms with Gasteiger partial charge >= 0.3 is 6.18 Å². The maximum Gasteiger partial charge on any atom is 0.416 e. The number of thioether (sulfide) groups is 1. The number of nitrogens with one attached hydrogen (secondary N) is 1. The number of carbonyl (C=O) groups excluding carboxylic acids is 1. The number of hydrogen-bond donors (Lipinski definition) is 2. The Morgan fingerprint density at radius 2 is 2.15 bits per heavy atom. The van der Waals surface area contributed by atoms with Gasteiger partial charge in [-0.2, -0.15) is 23.4 Å². The SMILES string of the molecule is CSc1nc(N)nc(OCC(=O)Nc2cccc(C(F)(F)F)c2)c1C#N. The number of nitrogen functional groups attached to an aromatic ring is 1. The molecule has 0 radical (unpaired) electrons. The van der Waals surface area contributed by atoms with E-state index in [4.69, 9.17) is 15.7 Å². The Hall–Kier alpha value is -3.00. The number of anilines is 2. The molecule has 26 heavy (non-hydrogen) atoms. The number of nitrogens with zero attached hydrogens (tertiary/aromatic N) is 3. The van der Waals surface area contributed by atoms with Crippen molar-refractivity contribution in [3.05, 3.63) is 35.4 Å². The number of halogens is 3. The van der Waals surface area contributed by atoms with Gasteiger partial charge in [-0.1, -0.05) is 6.07 Å². The monoisotopic (exact) mass is 383 g/mol. The third kappa shape index (κ3) is 4.76. The van der Waals surface area contributed by atoms with E-state index in [9.17, 15) is 18.0 Å². The van der Waals surface area contributed by atoms with Crippen molar-refractivity contribution in [1.82, 2.24) is 9.97 Å². The fraction of sp³-hybridized carbons (Fsp3) is 0.200. The highest BCUT2D eigenvalue weighted by Gasteiger charge is 2.30. The zero-order valence-corrected chi connectivity index (χ0v) is 14.1. The first-order chi connectivity index (χ1) is 12.2. The molecule has 0 aliphatic heterocycles. The van der Waals surface area contributed by atoms with E-state index in [1.165, 1.54) is 12.1 Å². The molecular formula is C15H12F3N5O2S. The summed E-state index contributed by atoms with van der Waals surface area (Å²) in [6.07, 6.45) is -2.85. The Balaban J connectivity index is 2.09. The summed E-state index contributed by atoms with van der Waals surface area (Å²) in [5.74, 6) is -1.04.